The third-order valence-corrected chi connectivity index (χ3v) is 5.27. The zero-order valence-corrected chi connectivity index (χ0v) is 15.0. The molecule has 7 heteroatoms. The molecule has 1 amide bonds. The molecule has 3 rings (SSSR count). The lowest BCUT2D eigenvalue weighted by Crippen LogP contribution is -2.49. The molecular formula is C17H22N4O2S. The van der Waals surface area contributed by atoms with Crippen molar-refractivity contribution in [2.24, 2.45) is 0 Å². The molecule has 1 aromatic carbocycles. The number of likely N-dealkylation sites (N-methyl/N-ethyl adjacent to an activating group) is 1. The Kier molecular flexibility index (Phi) is 5.11. The molecule has 0 unspecified atom stereocenters. The Bertz CT molecular complexity index is 718. The van der Waals surface area contributed by atoms with Gasteiger partial charge in [0.1, 0.15) is 10.6 Å². The molecule has 0 saturated carbocycles. The third-order valence-electron chi connectivity index (χ3n) is 4.52. The van der Waals surface area contributed by atoms with Crippen LogP contribution in [-0.4, -0.2) is 59.1 Å². The summed E-state index contributed by atoms with van der Waals surface area (Å²) in [6, 6.07) is 8.12. The molecule has 0 bridgehead atoms. The predicted octanol–water partition coefficient (Wildman–Crippen LogP) is 2.24. The number of carbonyl (C=O) groups is 1. The van der Waals surface area contributed by atoms with Crippen LogP contribution in [0.3, 0.4) is 0 Å². The average molecular weight is 346 g/mol. The summed E-state index contributed by atoms with van der Waals surface area (Å²) in [6.07, 6.45) is 0.723. The van der Waals surface area contributed by atoms with E-state index in [2.05, 4.69) is 27.6 Å². The third kappa shape index (κ3) is 3.14. The Balaban J connectivity index is 1.84. The molecule has 1 aromatic heterocycles. The van der Waals surface area contributed by atoms with Gasteiger partial charge in [-0.25, -0.2) is 0 Å². The highest BCUT2D eigenvalue weighted by Gasteiger charge is 2.32. The van der Waals surface area contributed by atoms with E-state index in [9.17, 15) is 4.79 Å². The highest BCUT2D eigenvalue weighted by atomic mass is 32.1. The van der Waals surface area contributed by atoms with Gasteiger partial charge < -0.3 is 9.64 Å². The van der Waals surface area contributed by atoms with Crippen LogP contribution in [0, 0.1) is 0 Å². The summed E-state index contributed by atoms with van der Waals surface area (Å²) in [5, 5.41) is 4.06. The first-order valence-corrected chi connectivity index (χ1v) is 8.86. The fourth-order valence-electron chi connectivity index (χ4n) is 3.08. The Hall–Kier alpha value is -1.99. The maximum Gasteiger partial charge on any atom is 0.267 e. The summed E-state index contributed by atoms with van der Waals surface area (Å²) >= 11 is 1.19. The predicted molar refractivity (Wildman–Crippen MR) is 93.6 cm³/mol. The summed E-state index contributed by atoms with van der Waals surface area (Å²) in [4.78, 5) is 17.7. The van der Waals surface area contributed by atoms with E-state index in [1.807, 2.05) is 30.0 Å². The van der Waals surface area contributed by atoms with Crippen molar-refractivity contribution >= 4 is 17.4 Å². The molecular weight excluding hydrogens is 324 g/mol. The van der Waals surface area contributed by atoms with Crippen molar-refractivity contribution in [3.8, 4) is 5.75 Å². The minimum absolute atomic E-state index is 0.0369. The quantitative estimate of drug-likeness (QED) is 0.850. The average Bonchev–Trinajstić information content (AvgIpc) is 3.10. The highest BCUT2D eigenvalue weighted by molar-refractivity contribution is 7.08. The lowest BCUT2D eigenvalue weighted by Gasteiger charge is -2.40. The van der Waals surface area contributed by atoms with Gasteiger partial charge in [-0.1, -0.05) is 29.6 Å². The number of ether oxygens (including phenoxy) is 1. The van der Waals surface area contributed by atoms with Crippen molar-refractivity contribution in [2.75, 3.05) is 33.8 Å². The molecule has 1 saturated heterocycles. The van der Waals surface area contributed by atoms with Gasteiger partial charge in [0.25, 0.3) is 5.91 Å². The van der Waals surface area contributed by atoms with Gasteiger partial charge in [0.2, 0.25) is 0 Å². The van der Waals surface area contributed by atoms with Crippen molar-refractivity contribution in [2.45, 2.75) is 19.4 Å². The zero-order valence-electron chi connectivity index (χ0n) is 14.2. The summed E-state index contributed by atoms with van der Waals surface area (Å²) in [6.45, 7) is 4.16. The van der Waals surface area contributed by atoms with Gasteiger partial charge in [0, 0.05) is 25.2 Å². The first kappa shape index (κ1) is 16.9. The van der Waals surface area contributed by atoms with Crippen molar-refractivity contribution in [1.29, 1.82) is 0 Å². The topological polar surface area (TPSA) is 58.6 Å². The van der Waals surface area contributed by atoms with Crippen LogP contribution in [0.4, 0.5) is 0 Å². The monoisotopic (exact) mass is 346 g/mol. The first-order valence-electron chi connectivity index (χ1n) is 8.09. The molecule has 6 nitrogen and oxygen atoms in total. The molecule has 1 atom stereocenters. The lowest BCUT2D eigenvalue weighted by molar-refractivity contribution is 0.0545. The molecule has 24 heavy (non-hydrogen) atoms. The van der Waals surface area contributed by atoms with E-state index in [4.69, 9.17) is 4.74 Å². The standard InChI is InChI=1S/C17H22N4O2S/c1-4-13-16(24-19-18-13)17(22)21-10-9-20(2)14(11-21)12-7-5-6-8-15(12)23-3/h5-8,14H,4,9-11H2,1-3H3/t14-/m1/s1. The number of carbonyl (C=O) groups excluding carboxylic acids is 1. The normalized spacial score (nSPS) is 18.6. The van der Waals surface area contributed by atoms with E-state index in [-0.39, 0.29) is 11.9 Å². The van der Waals surface area contributed by atoms with E-state index in [0.29, 0.717) is 18.0 Å². The van der Waals surface area contributed by atoms with Crippen LogP contribution in [-0.2, 0) is 6.42 Å². The summed E-state index contributed by atoms with van der Waals surface area (Å²) in [7, 11) is 3.77. The van der Waals surface area contributed by atoms with Gasteiger partial charge >= 0.3 is 0 Å². The van der Waals surface area contributed by atoms with Crippen LogP contribution in [0.25, 0.3) is 0 Å². The van der Waals surface area contributed by atoms with Crippen molar-refractivity contribution in [3.63, 3.8) is 0 Å². The Morgan fingerprint density at radius 2 is 2.17 bits per heavy atom. The summed E-state index contributed by atoms with van der Waals surface area (Å²) in [5.41, 5.74) is 1.90. The molecule has 128 valence electrons. The van der Waals surface area contributed by atoms with E-state index in [1.165, 1.54) is 11.5 Å². The minimum Gasteiger partial charge on any atom is -0.496 e. The number of benzene rings is 1. The molecule has 0 N–H and O–H groups in total. The summed E-state index contributed by atoms with van der Waals surface area (Å²) in [5.74, 6) is 0.896. The SMILES string of the molecule is CCc1nnsc1C(=O)N1CCN(C)[C@@H](c2ccccc2OC)C1. The van der Waals surface area contributed by atoms with Crippen molar-refractivity contribution < 1.29 is 9.53 Å². The van der Waals surface area contributed by atoms with Gasteiger partial charge in [-0.2, -0.15) is 0 Å². The summed E-state index contributed by atoms with van der Waals surface area (Å²) < 4.78 is 9.45. The molecule has 0 aliphatic carbocycles. The number of aryl methyl sites for hydroxylation is 1. The second kappa shape index (κ2) is 7.27. The van der Waals surface area contributed by atoms with Crippen molar-refractivity contribution in [1.82, 2.24) is 19.4 Å². The second-order valence-electron chi connectivity index (χ2n) is 5.89. The van der Waals surface area contributed by atoms with Crippen LogP contribution < -0.4 is 4.74 Å². The molecule has 2 aromatic rings. The largest absolute Gasteiger partial charge is 0.496 e. The Labute approximate surface area is 146 Å². The lowest BCUT2D eigenvalue weighted by atomic mass is 10.0. The zero-order chi connectivity index (χ0) is 17.1. The molecule has 1 aliphatic rings. The fourth-order valence-corrected chi connectivity index (χ4v) is 3.80. The van der Waals surface area contributed by atoms with Gasteiger partial charge in [0.05, 0.1) is 18.8 Å². The Morgan fingerprint density at radius 1 is 1.38 bits per heavy atom. The smallest absolute Gasteiger partial charge is 0.267 e. The number of hydrogen-bond acceptors (Lipinski definition) is 6. The molecule has 0 radical (unpaired) electrons. The Morgan fingerprint density at radius 3 is 2.92 bits per heavy atom. The van der Waals surface area contributed by atoms with Crippen LogP contribution in [0.15, 0.2) is 24.3 Å². The van der Waals surface area contributed by atoms with Crippen LogP contribution in [0.1, 0.15) is 33.9 Å². The van der Waals surface area contributed by atoms with Crippen LogP contribution >= 0.6 is 11.5 Å². The number of hydrogen-bond donors (Lipinski definition) is 0. The van der Waals surface area contributed by atoms with Crippen LogP contribution in [0.5, 0.6) is 5.75 Å². The minimum atomic E-state index is 0.0369. The number of para-hydroxylation sites is 1. The van der Waals surface area contributed by atoms with Crippen molar-refractivity contribution in [3.05, 3.63) is 40.4 Å². The van der Waals surface area contributed by atoms with E-state index in [1.54, 1.807) is 7.11 Å². The fraction of sp³-hybridized carbons (Fsp3) is 0.471. The molecule has 0 spiro atoms. The van der Waals surface area contributed by atoms with Crippen LogP contribution in [0.2, 0.25) is 0 Å². The van der Waals surface area contributed by atoms with Gasteiger partial charge in [-0.15, -0.1) is 5.10 Å². The number of piperazine rings is 1. The second-order valence-corrected chi connectivity index (χ2v) is 6.65. The number of rotatable bonds is 4. The maximum atomic E-state index is 12.9. The van der Waals surface area contributed by atoms with Gasteiger partial charge in [0.15, 0.2) is 0 Å². The van der Waals surface area contributed by atoms with E-state index >= 15 is 0 Å². The molecule has 1 aliphatic heterocycles. The molecule has 1 fully saturated rings. The number of nitrogens with zero attached hydrogens (tertiary/aromatic N) is 4. The molecule has 2 heterocycles. The number of amides is 1. The highest BCUT2D eigenvalue weighted by Crippen LogP contribution is 2.31. The first-order chi connectivity index (χ1) is 11.7. The number of methoxy groups -OCH3 is 1. The van der Waals surface area contributed by atoms with Gasteiger partial charge in [-0.05, 0) is 31.1 Å². The maximum absolute atomic E-state index is 12.9. The van der Waals surface area contributed by atoms with E-state index < -0.39 is 0 Å². The van der Waals surface area contributed by atoms with Gasteiger partial charge in [-0.3, -0.25) is 9.69 Å². The number of aromatic nitrogens is 2. The van der Waals surface area contributed by atoms with E-state index in [0.717, 1.165) is 30.0 Å².